The summed E-state index contributed by atoms with van der Waals surface area (Å²) in [5.41, 5.74) is 0.812. The molecule has 1 aromatic carbocycles. The van der Waals surface area contributed by atoms with Gasteiger partial charge in [0.05, 0.1) is 6.42 Å². The Morgan fingerprint density at radius 2 is 2.00 bits per heavy atom. The first-order chi connectivity index (χ1) is 8.63. The lowest BCUT2D eigenvalue weighted by Gasteiger charge is -2.04. The molecule has 0 aliphatic heterocycles. The summed E-state index contributed by atoms with van der Waals surface area (Å²) in [6.07, 6.45) is 1.74. The SMILES string of the molecule is O=C(Cc1ccc(O)cc1)Nc1cc(Cl)ccn1. The number of phenols is 1. The molecule has 0 bridgehead atoms. The monoisotopic (exact) mass is 262 g/mol. The van der Waals surface area contributed by atoms with Crippen molar-refractivity contribution >= 4 is 23.3 Å². The zero-order valence-corrected chi connectivity index (χ0v) is 10.2. The number of anilines is 1. The van der Waals surface area contributed by atoms with Gasteiger partial charge in [-0.25, -0.2) is 4.98 Å². The van der Waals surface area contributed by atoms with Gasteiger partial charge < -0.3 is 10.4 Å². The molecule has 1 aromatic heterocycles. The number of carbonyl (C=O) groups is 1. The fourth-order valence-electron chi connectivity index (χ4n) is 1.46. The summed E-state index contributed by atoms with van der Waals surface area (Å²) >= 11 is 5.79. The normalized spacial score (nSPS) is 10.1. The third-order valence-electron chi connectivity index (χ3n) is 2.29. The number of aromatic nitrogens is 1. The Balaban J connectivity index is 1.98. The highest BCUT2D eigenvalue weighted by Crippen LogP contribution is 2.13. The molecule has 0 aliphatic rings. The summed E-state index contributed by atoms with van der Waals surface area (Å²) in [6.45, 7) is 0. The molecular weight excluding hydrogens is 252 g/mol. The second-order valence-electron chi connectivity index (χ2n) is 3.75. The molecule has 1 heterocycles. The summed E-state index contributed by atoms with van der Waals surface area (Å²) in [5, 5.41) is 12.3. The van der Waals surface area contributed by atoms with Crippen LogP contribution < -0.4 is 5.32 Å². The molecule has 0 spiro atoms. The Bertz CT molecular complexity index is 555. The molecule has 0 fully saturated rings. The number of halogens is 1. The van der Waals surface area contributed by atoms with Crippen molar-refractivity contribution in [1.29, 1.82) is 0 Å². The number of rotatable bonds is 3. The summed E-state index contributed by atoms with van der Waals surface area (Å²) < 4.78 is 0. The summed E-state index contributed by atoms with van der Waals surface area (Å²) in [5.74, 6) is 0.414. The number of carbonyl (C=O) groups excluding carboxylic acids is 1. The first-order valence-corrected chi connectivity index (χ1v) is 5.70. The van der Waals surface area contributed by atoms with Gasteiger partial charge >= 0.3 is 0 Å². The fraction of sp³-hybridized carbons (Fsp3) is 0.0769. The molecule has 0 radical (unpaired) electrons. The average Bonchev–Trinajstić information content (AvgIpc) is 2.32. The van der Waals surface area contributed by atoms with Crippen molar-refractivity contribution in [2.45, 2.75) is 6.42 Å². The molecule has 1 amide bonds. The van der Waals surface area contributed by atoms with E-state index in [9.17, 15) is 4.79 Å². The number of aromatic hydroxyl groups is 1. The quantitative estimate of drug-likeness (QED) is 0.894. The number of amides is 1. The Hall–Kier alpha value is -2.07. The van der Waals surface area contributed by atoms with E-state index in [-0.39, 0.29) is 18.1 Å². The predicted octanol–water partition coefficient (Wildman–Crippen LogP) is 2.62. The number of nitrogens with zero attached hydrogens (tertiary/aromatic N) is 1. The topological polar surface area (TPSA) is 62.2 Å². The van der Waals surface area contributed by atoms with Gasteiger partial charge in [-0.1, -0.05) is 23.7 Å². The van der Waals surface area contributed by atoms with E-state index in [1.54, 1.807) is 36.4 Å². The van der Waals surface area contributed by atoms with Crippen LogP contribution in [0.4, 0.5) is 5.82 Å². The van der Waals surface area contributed by atoms with Gasteiger partial charge in [-0.3, -0.25) is 4.79 Å². The molecular formula is C13H11ClN2O2. The highest BCUT2D eigenvalue weighted by Gasteiger charge is 2.05. The number of benzene rings is 1. The van der Waals surface area contributed by atoms with Crippen LogP contribution in [0.1, 0.15) is 5.56 Å². The van der Waals surface area contributed by atoms with Crippen LogP contribution in [-0.4, -0.2) is 16.0 Å². The molecule has 18 heavy (non-hydrogen) atoms. The van der Waals surface area contributed by atoms with E-state index in [2.05, 4.69) is 10.3 Å². The van der Waals surface area contributed by atoms with E-state index >= 15 is 0 Å². The van der Waals surface area contributed by atoms with Gasteiger partial charge in [-0.2, -0.15) is 0 Å². The first-order valence-electron chi connectivity index (χ1n) is 5.33. The molecule has 5 heteroatoms. The highest BCUT2D eigenvalue weighted by molar-refractivity contribution is 6.30. The van der Waals surface area contributed by atoms with E-state index in [1.807, 2.05) is 0 Å². The molecule has 4 nitrogen and oxygen atoms in total. The van der Waals surface area contributed by atoms with Crippen molar-refractivity contribution in [2.24, 2.45) is 0 Å². The van der Waals surface area contributed by atoms with E-state index in [0.29, 0.717) is 10.8 Å². The number of pyridine rings is 1. The highest BCUT2D eigenvalue weighted by atomic mass is 35.5. The Labute approximate surface area is 109 Å². The maximum absolute atomic E-state index is 11.7. The average molecular weight is 263 g/mol. The molecule has 0 saturated carbocycles. The van der Waals surface area contributed by atoms with Crippen LogP contribution in [-0.2, 0) is 11.2 Å². The van der Waals surface area contributed by atoms with Crippen LogP contribution in [0.2, 0.25) is 5.02 Å². The van der Waals surface area contributed by atoms with Gasteiger partial charge in [0.15, 0.2) is 0 Å². The Morgan fingerprint density at radius 3 is 2.67 bits per heavy atom. The molecule has 0 saturated heterocycles. The summed E-state index contributed by atoms with van der Waals surface area (Å²) in [4.78, 5) is 15.7. The van der Waals surface area contributed by atoms with Crippen molar-refractivity contribution < 1.29 is 9.90 Å². The number of phenolic OH excluding ortho intramolecular Hbond substituents is 1. The number of nitrogens with one attached hydrogen (secondary N) is 1. The van der Waals surface area contributed by atoms with Crippen LogP contribution in [0.15, 0.2) is 42.6 Å². The minimum Gasteiger partial charge on any atom is -0.508 e. The van der Waals surface area contributed by atoms with Gasteiger partial charge in [0, 0.05) is 11.2 Å². The lowest BCUT2D eigenvalue weighted by atomic mass is 10.1. The minimum absolute atomic E-state index is 0.177. The number of hydrogen-bond donors (Lipinski definition) is 2. The van der Waals surface area contributed by atoms with Crippen LogP contribution in [0.5, 0.6) is 5.75 Å². The smallest absolute Gasteiger partial charge is 0.229 e. The maximum atomic E-state index is 11.7. The second-order valence-corrected chi connectivity index (χ2v) is 4.19. The summed E-state index contributed by atoms with van der Waals surface area (Å²) in [6, 6.07) is 9.69. The lowest BCUT2D eigenvalue weighted by Crippen LogP contribution is -2.15. The van der Waals surface area contributed by atoms with Gasteiger partial charge in [0.1, 0.15) is 11.6 Å². The van der Waals surface area contributed by atoms with Gasteiger partial charge in [0.25, 0.3) is 0 Å². The molecule has 0 aliphatic carbocycles. The van der Waals surface area contributed by atoms with E-state index in [1.165, 1.54) is 6.20 Å². The van der Waals surface area contributed by atoms with Crippen LogP contribution >= 0.6 is 11.6 Å². The van der Waals surface area contributed by atoms with Crippen molar-refractivity contribution in [3.8, 4) is 5.75 Å². The third kappa shape index (κ3) is 3.46. The van der Waals surface area contributed by atoms with Gasteiger partial charge in [-0.15, -0.1) is 0 Å². The minimum atomic E-state index is -0.185. The molecule has 0 atom stereocenters. The van der Waals surface area contributed by atoms with E-state index in [0.717, 1.165) is 5.56 Å². The fourth-order valence-corrected chi connectivity index (χ4v) is 1.62. The maximum Gasteiger partial charge on any atom is 0.229 e. The van der Waals surface area contributed by atoms with Gasteiger partial charge in [0.2, 0.25) is 5.91 Å². The third-order valence-corrected chi connectivity index (χ3v) is 2.53. The molecule has 0 unspecified atom stereocenters. The predicted molar refractivity (Wildman–Crippen MR) is 69.7 cm³/mol. The lowest BCUT2D eigenvalue weighted by molar-refractivity contribution is -0.115. The Morgan fingerprint density at radius 1 is 1.28 bits per heavy atom. The molecule has 92 valence electrons. The number of hydrogen-bond acceptors (Lipinski definition) is 3. The summed E-state index contributed by atoms with van der Waals surface area (Å²) in [7, 11) is 0. The zero-order valence-electron chi connectivity index (χ0n) is 9.43. The standard InChI is InChI=1S/C13H11ClN2O2/c14-10-5-6-15-12(8-10)16-13(18)7-9-1-3-11(17)4-2-9/h1-6,8,17H,7H2,(H,15,16,18). The molecule has 2 rings (SSSR count). The van der Waals surface area contributed by atoms with Crippen molar-refractivity contribution in [1.82, 2.24) is 4.98 Å². The Kier molecular flexibility index (Phi) is 3.79. The van der Waals surface area contributed by atoms with Crippen LogP contribution in [0, 0.1) is 0 Å². The van der Waals surface area contributed by atoms with Crippen molar-refractivity contribution in [2.75, 3.05) is 5.32 Å². The van der Waals surface area contributed by atoms with E-state index < -0.39 is 0 Å². The second kappa shape index (κ2) is 5.51. The van der Waals surface area contributed by atoms with E-state index in [4.69, 9.17) is 16.7 Å². The molecule has 2 aromatic rings. The largest absolute Gasteiger partial charge is 0.508 e. The van der Waals surface area contributed by atoms with Crippen molar-refractivity contribution in [3.63, 3.8) is 0 Å². The van der Waals surface area contributed by atoms with Crippen LogP contribution in [0.25, 0.3) is 0 Å². The van der Waals surface area contributed by atoms with Crippen LogP contribution in [0.3, 0.4) is 0 Å². The first kappa shape index (κ1) is 12.4. The zero-order chi connectivity index (χ0) is 13.0. The van der Waals surface area contributed by atoms with Crippen molar-refractivity contribution in [3.05, 3.63) is 53.2 Å². The molecule has 2 N–H and O–H groups in total. The van der Waals surface area contributed by atoms with Gasteiger partial charge in [-0.05, 0) is 29.8 Å².